The highest BCUT2D eigenvalue weighted by molar-refractivity contribution is 7.89. The van der Waals surface area contributed by atoms with Gasteiger partial charge in [0, 0.05) is 24.3 Å². The van der Waals surface area contributed by atoms with E-state index in [1.807, 2.05) is 0 Å². The summed E-state index contributed by atoms with van der Waals surface area (Å²) in [4.78, 5) is 25.0. The second-order valence-electron chi connectivity index (χ2n) is 7.77. The maximum Gasteiger partial charge on any atom is 0.338 e. The van der Waals surface area contributed by atoms with Gasteiger partial charge in [0.25, 0.3) is 5.91 Å². The molecule has 0 saturated carbocycles. The molecule has 1 saturated heterocycles. The molecule has 0 spiro atoms. The van der Waals surface area contributed by atoms with E-state index in [0.29, 0.717) is 35.8 Å². The van der Waals surface area contributed by atoms with Gasteiger partial charge in [-0.15, -0.1) is 0 Å². The van der Waals surface area contributed by atoms with Crippen LogP contribution in [0.25, 0.3) is 0 Å². The first kappa shape index (κ1) is 23.0. The smallest absolute Gasteiger partial charge is 0.338 e. The van der Waals surface area contributed by atoms with Gasteiger partial charge in [-0.2, -0.15) is 4.31 Å². The number of hydrogen-bond acceptors (Lipinski definition) is 5. The Morgan fingerprint density at radius 1 is 1.13 bits per heavy atom. The number of sulfonamides is 1. The summed E-state index contributed by atoms with van der Waals surface area (Å²) in [6.07, 6.45) is 1.66. The fourth-order valence-electron chi connectivity index (χ4n) is 3.57. The van der Waals surface area contributed by atoms with Crippen LogP contribution in [0.3, 0.4) is 0 Å². The zero-order valence-electron chi connectivity index (χ0n) is 18.1. The van der Waals surface area contributed by atoms with Crippen LogP contribution in [0.5, 0.6) is 0 Å². The second kappa shape index (κ2) is 9.62. The molecule has 1 N–H and O–H groups in total. The van der Waals surface area contributed by atoms with Crippen molar-refractivity contribution in [3.8, 4) is 0 Å². The van der Waals surface area contributed by atoms with E-state index in [0.717, 1.165) is 12.8 Å². The average molecular weight is 445 g/mol. The number of rotatable bonds is 6. The first-order chi connectivity index (χ1) is 14.7. The summed E-state index contributed by atoms with van der Waals surface area (Å²) in [7, 11) is -3.65. The number of carbonyl (C=O) groups excluding carboxylic acids is 2. The Bertz CT molecular complexity index is 1070. The fraction of sp³-hybridized carbons (Fsp3) is 0.391. The molecular weight excluding hydrogens is 416 g/mol. The van der Waals surface area contributed by atoms with Gasteiger partial charge < -0.3 is 10.1 Å². The molecule has 8 heteroatoms. The summed E-state index contributed by atoms with van der Waals surface area (Å²) in [5.74, 6) is -0.398. The van der Waals surface area contributed by atoms with Crippen molar-refractivity contribution in [2.45, 2.75) is 38.5 Å². The SMILES string of the molecule is CCOC(=O)c1cccc(NC(=O)c2cccc(S(=O)(=O)N3CCC(C)CC3)c2)c1C. The van der Waals surface area contributed by atoms with Crippen molar-refractivity contribution in [1.82, 2.24) is 4.31 Å². The van der Waals surface area contributed by atoms with Crippen LogP contribution in [0, 0.1) is 12.8 Å². The van der Waals surface area contributed by atoms with Gasteiger partial charge in [0.2, 0.25) is 10.0 Å². The Labute approximate surface area is 183 Å². The number of nitrogens with one attached hydrogen (secondary N) is 1. The monoisotopic (exact) mass is 444 g/mol. The van der Waals surface area contributed by atoms with Crippen molar-refractivity contribution < 1.29 is 22.7 Å². The normalized spacial score (nSPS) is 15.5. The van der Waals surface area contributed by atoms with E-state index in [1.54, 1.807) is 44.2 Å². The van der Waals surface area contributed by atoms with Crippen molar-refractivity contribution in [3.05, 3.63) is 59.2 Å². The largest absolute Gasteiger partial charge is 0.462 e. The van der Waals surface area contributed by atoms with Crippen LogP contribution in [0.4, 0.5) is 5.69 Å². The summed E-state index contributed by atoms with van der Waals surface area (Å²) in [5.41, 5.74) is 1.65. The summed E-state index contributed by atoms with van der Waals surface area (Å²) in [6.45, 7) is 6.80. The molecule has 0 aromatic heterocycles. The Hall–Kier alpha value is -2.71. The third-order valence-electron chi connectivity index (χ3n) is 5.55. The molecule has 2 aromatic carbocycles. The first-order valence-electron chi connectivity index (χ1n) is 10.4. The lowest BCUT2D eigenvalue weighted by molar-refractivity contribution is 0.0525. The lowest BCUT2D eigenvalue weighted by Crippen LogP contribution is -2.37. The lowest BCUT2D eigenvalue weighted by atomic mass is 10.0. The minimum absolute atomic E-state index is 0.103. The standard InChI is InChI=1S/C23H28N2O5S/c1-4-30-23(27)20-9-6-10-21(17(20)3)24-22(26)18-7-5-8-19(15-18)31(28,29)25-13-11-16(2)12-14-25/h5-10,15-16H,4,11-14H2,1-3H3,(H,24,26). The highest BCUT2D eigenvalue weighted by Gasteiger charge is 2.28. The Balaban J connectivity index is 1.81. The van der Waals surface area contributed by atoms with Gasteiger partial charge in [-0.25, -0.2) is 13.2 Å². The number of amides is 1. The number of ether oxygens (including phenoxy) is 1. The van der Waals surface area contributed by atoms with Gasteiger partial charge in [0.1, 0.15) is 0 Å². The van der Waals surface area contributed by atoms with Gasteiger partial charge in [-0.05, 0) is 68.5 Å². The fourth-order valence-corrected chi connectivity index (χ4v) is 5.08. The van der Waals surface area contributed by atoms with E-state index in [9.17, 15) is 18.0 Å². The Morgan fingerprint density at radius 2 is 1.81 bits per heavy atom. The molecule has 3 rings (SSSR count). The number of hydrogen-bond donors (Lipinski definition) is 1. The molecule has 166 valence electrons. The lowest BCUT2D eigenvalue weighted by Gasteiger charge is -2.29. The Kier molecular flexibility index (Phi) is 7.12. The van der Waals surface area contributed by atoms with Crippen LogP contribution in [0.15, 0.2) is 47.4 Å². The van der Waals surface area contributed by atoms with Crippen molar-refractivity contribution >= 4 is 27.6 Å². The molecule has 31 heavy (non-hydrogen) atoms. The minimum Gasteiger partial charge on any atom is -0.462 e. The molecule has 0 unspecified atom stereocenters. The number of carbonyl (C=O) groups is 2. The second-order valence-corrected chi connectivity index (χ2v) is 9.71. The first-order valence-corrected chi connectivity index (χ1v) is 11.9. The van der Waals surface area contributed by atoms with Crippen LogP contribution in [-0.4, -0.2) is 44.3 Å². The molecule has 1 heterocycles. The predicted octanol–water partition coefficient (Wildman–Crippen LogP) is 3.84. The maximum atomic E-state index is 13.0. The topological polar surface area (TPSA) is 92.8 Å². The number of anilines is 1. The van der Waals surface area contributed by atoms with Crippen LogP contribution in [-0.2, 0) is 14.8 Å². The number of nitrogens with zero attached hydrogens (tertiary/aromatic N) is 1. The highest BCUT2D eigenvalue weighted by Crippen LogP contribution is 2.25. The summed E-state index contributed by atoms with van der Waals surface area (Å²) >= 11 is 0. The van der Waals surface area contributed by atoms with E-state index in [-0.39, 0.29) is 17.1 Å². The van der Waals surface area contributed by atoms with E-state index >= 15 is 0 Å². The van der Waals surface area contributed by atoms with Crippen LogP contribution in [0.1, 0.15) is 53.0 Å². The third kappa shape index (κ3) is 5.14. The van der Waals surface area contributed by atoms with Gasteiger partial charge in [0.15, 0.2) is 0 Å². The van der Waals surface area contributed by atoms with Crippen molar-refractivity contribution in [3.63, 3.8) is 0 Å². The van der Waals surface area contributed by atoms with Crippen LogP contribution >= 0.6 is 0 Å². The number of piperidine rings is 1. The summed E-state index contributed by atoms with van der Waals surface area (Å²) in [5, 5.41) is 2.77. The quantitative estimate of drug-likeness (QED) is 0.684. The van der Waals surface area contributed by atoms with Crippen molar-refractivity contribution in [2.75, 3.05) is 25.0 Å². The molecule has 0 bridgehead atoms. The van der Waals surface area contributed by atoms with Gasteiger partial charge >= 0.3 is 5.97 Å². The maximum absolute atomic E-state index is 13.0. The zero-order chi connectivity index (χ0) is 22.6. The average Bonchev–Trinajstić information content (AvgIpc) is 2.75. The van der Waals surface area contributed by atoms with Crippen LogP contribution in [0.2, 0.25) is 0 Å². The molecule has 0 atom stereocenters. The molecular formula is C23H28N2O5S. The molecule has 0 radical (unpaired) electrons. The molecule has 1 aliphatic rings. The van der Waals surface area contributed by atoms with Gasteiger partial charge in [-0.3, -0.25) is 4.79 Å². The molecule has 1 amide bonds. The van der Waals surface area contributed by atoms with Gasteiger partial charge in [-0.1, -0.05) is 19.1 Å². The zero-order valence-corrected chi connectivity index (χ0v) is 18.9. The minimum atomic E-state index is -3.65. The number of benzene rings is 2. The van der Waals surface area contributed by atoms with Gasteiger partial charge in [0.05, 0.1) is 17.1 Å². The highest BCUT2D eigenvalue weighted by atomic mass is 32.2. The summed E-state index contributed by atoms with van der Waals surface area (Å²) < 4.78 is 32.5. The van der Waals surface area contributed by atoms with Crippen molar-refractivity contribution in [2.24, 2.45) is 5.92 Å². The molecule has 7 nitrogen and oxygen atoms in total. The number of esters is 1. The molecule has 1 aliphatic heterocycles. The molecule has 0 aliphatic carbocycles. The third-order valence-corrected chi connectivity index (χ3v) is 7.45. The van der Waals surface area contributed by atoms with E-state index in [1.165, 1.54) is 16.4 Å². The predicted molar refractivity (Wildman–Crippen MR) is 119 cm³/mol. The van der Waals surface area contributed by atoms with Crippen LogP contribution < -0.4 is 5.32 Å². The summed E-state index contributed by atoms with van der Waals surface area (Å²) in [6, 6.07) is 11.0. The van der Waals surface area contributed by atoms with E-state index in [4.69, 9.17) is 4.74 Å². The van der Waals surface area contributed by atoms with E-state index in [2.05, 4.69) is 12.2 Å². The molecule has 1 fully saturated rings. The van der Waals surface area contributed by atoms with Crippen molar-refractivity contribution in [1.29, 1.82) is 0 Å². The molecule has 2 aromatic rings. The van der Waals surface area contributed by atoms with E-state index < -0.39 is 21.9 Å². The Morgan fingerprint density at radius 3 is 2.48 bits per heavy atom.